The molecule has 1 saturated carbocycles. The van der Waals surface area contributed by atoms with Crippen molar-refractivity contribution < 1.29 is 13.2 Å². The first-order valence-electron chi connectivity index (χ1n) is 9.22. The lowest BCUT2D eigenvalue weighted by molar-refractivity contribution is -0.121. The minimum Gasteiger partial charge on any atom is -0.355 e. The van der Waals surface area contributed by atoms with E-state index < -0.39 is 9.84 Å². The molecule has 144 valence electrons. The molecule has 0 atom stereocenters. The van der Waals surface area contributed by atoms with E-state index in [2.05, 4.69) is 17.4 Å². The fraction of sp³-hybridized carbons (Fsp3) is 0.381. The lowest BCUT2D eigenvalue weighted by Crippen LogP contribution is -2.39. The van der Waals surface area contributed by atoms with Crippen LogP contribution in [-0.4, -0.2) is 26.6 Å². The second-order valence-electron chi connectivity index (χ2n) is 7.15. The van der Waals surface area contributed by atoms with E-state index in [0.29, 0.717) is 11.6 Å². The summed E-state index contributed by atoms with van der Waals surface area (Å²) in [5.74, 6) is -0.437. The zero-order chi connectivity index (χ0) is 19.3. The molecule has 0 spiro atoms. The van der Waals surface area contributed by atoms with E-state index in [-0.39, 0.29) is 28.4 Å². The van der Waals surface area contributed by atoms with Crippen molar-refractivity contribution in [3.8, 4) is 0 Å². The first-order chi connectivity index (χ1) is 12.9. The molecule has 4 nitrogen and oxygen atoms in total. The lowest BCUT2D eigenvalue weighted by atomic mass is 9.79. The molecule has 1 amide bonds. The van der Waals surface area contributed by atoms with E-state index >= 15 is 0 Å². The van der Waals surface area contributed by atoms with Gasteiger partial charge in [0.05, 0.1) is 10.6 Å². The molecule has 0 radical (unpaired) electrons. The summed E-state index contributed by atoms with van der Waals surface area (Å²) in [6.07, 6.45) is 4.34. The van der Waals surface area contributed by atoms with Gasteiger partial charge in [0.2, 0.25) is 5.91 Å². The third-order valence-electron chi connectivity index (χ3n) is 5.34. The number of amides is 1. The van der Waals surface area contributed by atoms with Crippen molar-refractivity contribution >= 4 is 27.3 Å². The Bertz CT molecular complexity index is 873. The molecule has 0 unspecified atom stereocenters. The van der Waals surface area contributed by atoms with Crippen molar-refractivity contribution in [1.29, 1.82) is 0 Å². The maximum atomic E-state index is 12.4. The number of carbonyl (C=O) groups excluding carboxylic acids is 1. The first kappa shape index (κ1) is 19.9. The Morgan fingerprint density at radius 3 is 2.26 bits per heavy atom. The van der Waals surface area contributed by atoms with E-state index in [0.717, 1.165) is 25.7 Å². The Morgan fingerprint density at radius 1 is 1.00 bits per heavy atom. The van der Waals surface area contributed by atoms with Gasteiger partial charge in [0.1, 0.15) is 0 Å². The third-order valence-corrected chi connectivity index (χ3v) is 7.33. The SMILES string of the molecule is O=C(CCS(=O)(=O)c1ccc(Cl)cc1)NCC1(c2ccccc2)CCCC1. The van der Waals surface area contributed by atoms with Crippen LogP contribution in [0.25, 0.3) is 0 Å². The summed E-state index contributed by atoms with van der Waals surface area (Å²) in [6.45, 7) is 0.552. The van der Waals surface area contributed by atoms with Gasteiger partial charge in [-0.2, -0.15) is 0 Å². The predicted octanol–water partition coefficient (Wildman–Crippen LogP) is 4.13. The smallest absolute Gasteiger partial charge is 0.221 e. The number of hydrogen-bond acceptors (Lipinski definition) is 3. The quantitative estimate of drug-likeness (QED) is 0.753. The third kappa shape index (κ3) is 4.90. The van der Waals surface area contributed by atoms with Crippen LogP contribution >= 0.6 is 11.6 Å². The molecule has 27 heavy (non-hydrogen) atoms. The van der Waals surface area contributed by atoms with E-state index in [1.165, 1.54) is 29.8 Å². The fourth-order valence-corrected chi connectivity index (χ4v) is 5.12. The number of nitrogens with one attached hydrogen (secondary N) is 1. The average molecular weight is 406 g/mol. The summed E-state index contributed by atoms with van der Waals surface area (Å²) in [6, 6.07) is 16.3. The molecule has 2 aromatic carbocycles. The van der Waals surface area contributed by atoms with E-state index in [4.69, 9.17) is 11.6 Å². The van der Waals surface area contributed by atoms with Crippen LogP contribution in [0.1, 0.15) is 37.7 Å². The molecule has 0 saturated heterocycles. The van der Waals surface area contributed by atoms with Gasteiger partial charge in [-0.3, -0.25) is 4.79 Å². The highest BCUT2D eigenvalue weighted by atomic mass is 35.5. The molecule has 3 rings (SSSR count). The molecule has 6 heteroatoms. The molecular formula is C21H24ClNO3S. The van der Waals surface area contributed by atoms with Gasteiger partial charge < -0.3 is 5.32 Å². The van der Waals surface area contributed by atoms with Gasteiger partial charge in [-0.05, 0) is 42.7 Å². The lowest BCUT2D eigenvalue weighted by Gasteiger charge is -2.30. The zero-order valence-corrected chi connectivity index (χ0v) is 16.7. The Hall–Kier alpha value is -1.85. The normalized spacial score (nSPS) is 16.2. The molecular weight excluding hydrogens is 382 g/mol. The van der Waals surface area contributed by atoms with Gasteiger partial charge in [0, 0.05) is 23.4 Å². The molecule has 0 aromatic heterocycles. The summed E-state index contributed by atoms with van der Waals surface area (Å²) in [5.41, 5.74) is 1.21. The van der Waals surface area contributed by atoms with Crippen molar-refractivity contribution in [2.45, 2.75) is 42.4 Å². The highest BCUT2D eigenvalue weighted by Crippen LogP contribution is 2.40. The van der Waals surface area contributed by atoms with Gasteiger partial charge in [-0.25, -0.2) is 8.42 Å². The number of hydrogen-bond donors (Lipinski definition) is 1. The Morgan fingerprint density at radius 2 is 1.63 bits per heavy atom. The van der Waals surface area contributed by atoms with Crippen LogP contribution in [0.3, 0.4) is 0 Å². The van der Waals surface area contributed by atoms with Crippen LogP contribution in [0.2, 0.25) is 5.02 Å². The van der Waals surface area contributed by atoms with E-state index in [9.17, 15) is 13.2 Å². The standard InChI is InChI=1S/C21H24ClNO3S/c22-18-8-10-19(11-9-18)27(25,26)15-12-20(24)23-16-21(13-4-5-14-21)17-6-2-1-3-7-17/h1-3,6-11H,4-5,12-16H2,(H,23,24). The topological polar surface area (TPSA) is 63.2 Å². The molecule has 0 bridgehead atoms. The number of benzene rings is 2. The number of carbonyl (C=O) groups is 1. The van der Waals surface area contributed by atoms with Crippen LogP contribution in [0, 0.1) is 0 Å². The zero-order valence-electron chi connectivity index (χ0n) is 15.2. The molecule has 0 heterocycles. The maximum absolute atomic E-state index is 12.4. The summed E-state index contributed by atoms with van der Waals surface area (Å²) in [7, 11) is -3.50. The summed E-state index contributed by atoms with van der Waals surface area (Å²) < 4.78 is 24.7. The summed E-state index contributed by atoms with van der Waals surface area (Å²) >= 11 is 5.80. The fourth-order valence-electron chi connectivity index (χ4n) is 3.75. The van der Waals surface area contributed by atoms with Crippen molar-refractivity contribution in [2.75, 3.05) is 12.3 Å². The Balaban J connectivity index is 1.58. The predicted molar refractivity (Wildman–Crippen MR) is 108 cm³/mol. The highest BCUT2D eigenvalue weighted by molar-refractivity contribution is 7.91. The number of sulfone groups is 1. The van der Waals surface area contributed by atoms with Crippen LogP contribution < -0.4 is 5.32 Å². The van der Waals surface area contributed by atoms with Crippen molar-refractivity contribution in [1.82, 2.24) is 5.32 Å². The molecule has 1 N–H and O–H groups in total. The highest BCUT2D eigenvalue weighted by Gasteiger charge is 2.35. The second-order valence-corrected chi connectivity index (χ2v) is 9.70. The van der Waals surface area contributed by atoms with E-state index in [1.54, 1.807) is 0 Å². The second kappa shape index (κ2) is 8.44. The molecule has 0 aliphatic heterocycles. The molecule has 1 aliphatic rings. The molecule has 2 aromatic rings. The van der Waals surface area contributed by atoms with Crippen LogP contribution in [0.15, 0.2) is 59.5 Å². The van der Waals surface area contributed by atoms with Gasteiger partial charge in [-0.1, -0.05) is 54.8 Å². The van der Waals surface area contributed by atoms with Crippen molar-refractivity contribution in [3.63, 3.8) is 0 Å². The maximum Gasteiger partial charge on any atom is 0.221 e. The van der Waals surface area contributed by atoms with Crippen molar-refractivity contribution in [2.24, 2.45) is 0 Å². The van der Waals surface area contributed by atoms with Gasteiger partial charge in [0.25, 0.3) is 0 Å². The van der Waals surface area contributed by atoms with Crippen LogP contribution in [0.4, 0.5) is 0 Å². The summed E-state index contributed by atoms with van der Waals surface area (Å²) in [4.78, 5) is 12.5. The van der Waals surface area contributed by atoms with Gasteiger partial charge in [0.15, 0.2) is 9.84 Å². The first-order valence-corrected chi connectivity index (χ1v) is 11.2. The van der Waals surface area contributed by atoms with Crippen LogP contribution in [0.5, 0.6) is 0 Å². The van der Waals surface area contributed by atoms with Crippen LogP contribution in [-0.2, 0) is 20.0 Å². The molecule has 1 aliphatic carbocycles. The Kier molecular flexibility index (Phi) is 6.22. The van der Waals surface area contributed by atoms with Gasteiger partial charge in [-0.15, -0.1) is 0 Å². The summed E-state index contributed by atoms with van der Waals surface area (Å²) in [5, 5.41) is 3.45. The minimum atomic E-state index is -3.50. The van der Waals surface area contributed by atoms with Crippen molar-refractivity contribution in [3.05, 3.63) is 65.2 Å². The largest absolute Gasteiger partial charge is 0.355 e. The average Bonchev–Trinajstić information content (AvgIpc) is 3.16. The minimum absolute atomic E-state index is 0.0357. The van der Waals surface area contributed by atoms with Gasteiger partial charge >= 0.3 is 0 Å². The van der Waals surface area contributed by atoms with E-state index in [1.807, 2.05) is 18.2 Å². The number of rotatable bonds is 7. The Labute approximate surface area is 165 Å². The monoisotopic (exact) mass is 405 g/mol. The molecule has 1 fully saturated rings. The number of halogens is 1.